The van der Waals surface area contributed by atoms with Crippen molar-refractivity contribution in [3.8, 4) is 0 Å². The second kappa shape index (κ2) is 3.62. The van der Waals surface area contributed by atoms with Crippen LogP contribution in [0.5, 0.6) is 0 Å². The monoisotopic (exact) mass is 140 g/mol. The van der Waals surface area contributed by atoms with Gasteiger partial charge in [-0.1, -0.05) is 13.8 Å². The van der Waals surface area contributed by atoms with Crippen LogP contribution in [0.3, 0.4) is 0 Å². The van der Waals surface area contributed by atoms with Crippen LogP contribution in [-0.2, 0) is 0 Å². The maximum absolute atomic E-state index is 3.30. The first-order valence-electron chi connectivity index (χ1n) is 4.06. The summed E-state index contributed by atoms with van der Waals surface area (Å²) >= 11 is 0. The Morgan fingerprint density at radius 3 is 2.90 bits per heavy atom. The largest absolute Gasteiger partial charge is 0.315 e. The highest BCUT2D eigenvalue weighted by atomic mass is 15.5. The summed E-state index contributed by atoms with van der Waals surface area (Å²) in [7, 11) is 0. The van der Waals surface area contributed by atoms with E-state index in [4.69, 9.17) is 0 Å². The van der Waals surface area contributed by atoms with Gasteiger partial charge in [0, 0.05) is 19.3 Å². The van der Waals surface area contributed by atoms with E-state index < -0.39 is 0 Å². The summed E-state index contributed by atoms with van der Waals surface area (Å²) in [5.41, 5.74) is 4.81. The van der Waals surface area contributed by atoms with Gasteiger partial charge in [-0.3, -0.25) is 0 Å². The van der Waals surface area contributed by atoms with E-state index >= 15 is 0 Å². The smallest absolute Gasteiger partial charge is 0.0377 e. The third kappa shape index (κ3) is 1.74. The van der Waals surface area contributed by atoms with E-state index in [-0.39, 0.29) is 0 Å². The Bertz CT molecular complexity index is 129. The Morgan fingerprint density at radius 2 is 2.40 bits per heavy atom. The van der Waals surface area contributed by atoms with Crippen molar-refractivity contribution in [1.82, 2.24) is 10.4 Å². The maximum atomic E-state index is 3.30. The molecule has 1 heterocycles. The lowest BCUT2D eigenvalue weighted by atomic mass is 10.2. The molecule has 1 rings (SSSR count). The predicted octanol–water partition coefficient (Wildman–Crippen LogP) is 1.51. The third-order valence-corrected chi connectivity index (χ3v) is 1.77. The van der Waals surface area contributed by atoms with Gasteiger partial charge in [-0.25, -0.2) is 5.43 Å². The van der Waals surface area contributed by atoms with E-state index in [1.54, 1.807) is 0 Å². The molecule has 0 radical (unpaired) electrons. The van der Waals surface area contributed by atoms with Gasteiger partial charge in [0.2, 0.25) is 0 Å². The predicted molar refractivity (Wildman–Crippen MR) is 43.4 cm³/mol. The van der Waals surface area contributed by atoms with Gasteiger partial charge >= 0.3 is 0 Å². The Labute approximate surface area is 62.9 Å². The van der Waals surface area contributed by atoms with Gasteiger partial charge in [0.05, 0.1) is 0 Å². The van der Waals surface area contributed by atoms with Gasteiger partial charge in [0.15, 0.2) is 0 Å². The van der Waals surface area contributed by atoms with Crippen LogP contribution in [0, 0.1) is 0 Å². The van der Waals surface area contributed by atoms with Crippen LogP contribution in [-0.4, -0.2) is 18.1 Å². The molecule has 58 valence electrons. The average molecular weight is 140 g/mol. The maximum Gasteiger partial charge on any atom is 0.0377 e. The minimum atomic E-state index is 1.05. The molecule has 0 aromatic rings. The van der Waals surface area contributed by atoms with Crippen molar-refractivity contribution in [1.29, 1.82) is 0 Å². The molecule has 1 N–H and O–H groups in total. The number of nitrogens with zero attached hydrogens (tertiary/aromatic N) is 1. The van der Waals surface area contributed by atoms with Crippen molar-refractivity contribution in [3.63, 3.8) is 0 Å². The molecule has 2 heteroatoms. The SMILES string of the molecule is CCCN1C=C(CC)CN1. The molecule has 1 aliphatic rings. The van der Waals surface area contributed by atoms with Crippen molar-refractivity contribution >= 4 is 0 Å². The lowest BCUT2D eigenvalue weighted by Gasteiger charge is -2.13. The molecule has 0 spiro atoms. The molecule has 2 nitrogen and oxygen atoms in total. The van der Waals surface area contributed by atoms with Gasteiger partial charge < -0.3 is 5.01 Å². The summed E-state index contributed by atoms with van der Waals surface area (Å²) in [6.07, 6.45) is 4.61. The standard InChI is InChI=1S/C8H16N2/c1-3-5-10-7-8(4-2)6-9-10/h7,9H,3-6H2,1-2H3. The molecular weight excluding hydrogens is 124 g/mol. The summed E-state index contributed by atoms with van der Waals surface area (Å²) in [5.74, 6) is 0. The molecule has 0 aliphatic carbocycles. The van der Waals surface area contributed by atoms with Crippen LogP contribution in [0.25, 0.3) is 0 Å². The highest BCUT2D eigenvalue weighted by Gasteiger charge is 2.07. The normalized spacial score (nSPS) is 17.8. The summed E-state index contributed by atoms with van der Waals surface area (Å²) in [4.78, 5) is 0. The molecule has 0 aromatic carbocycles. The molecular formula is C8H16N2. The second-order valence-electron chi connectivity index (χ2n) is 2.67. The number of hydrogen-bond donors (Lipinski definition) is 1. The van der Waals surface area contributed by atoms with Crippen LogP contribution < -0.4 is 5.43 Å². The third-order valence-electron chi connectivity index (χ3n) is 1.77. The van der Waals surface area contributed by atoms with Crippen molar-refractivity contribution in [2.24, 2.45) is 0 Å². The van der Waals surface area contributed by atoms with E-state index in [9.17, 15) is 0 Å². The van der Waals surface area contributed by atoms with Crippen molar-refractivity contribution in [2.75, 3.05) is 13.1 Å². The molecule has 0 amide bonds. The fourth-order valence-electron chi connectivity index (χ4n) is 1.12. The van der Waals surface area contributed by atoms with Gasteiger partial charge in [0.1, 0.15) is 0 Å². The molecule has 0 atom stereocenters. The molecule has 0 bridgehead atoms. The van der Waals surface area contributed by atoms with E-state index in [0.29, 0.717) is 0 Å². The summed E-state index contributed by atoms with van der Waals surface area (Å²) in [6, 6.07) is 0. The first kappa shape index (κ1) is 7.61. The molecule has 0 saturated carbocycles. The first-order valence-corrected chi connectivity index (χ1v) is 4.06. The van der Waals surface area contributed by atoms with Gasteiger partial charge in [-0.05, 0) is 18.4 Å². The quantitative estimate of drug-likeness (QED) is 0.639. The zero-order valence-electron chi connectivity index (χ0n) is 6.85. The van der Waals surface area contributed by atoms with Crippen molar-refractivity contribution in [3.05, 3.63) is 11.8 Å². The minimum absolute atomic E-state index is 1.05. The Balaban J connectivity index is 2.32. The highest BCUT2D eigenvalue weighted by Crippen LogP contribution is 2.07. The molecule has 0 fully saturated rings. The Kier molecular flexibility index (Phi) is 2.75. The first-order chi connectivity index (χ1) is 4.86. The molecule has 0 unspecified atom stereocenters. The average Bonchev–Trinajstić information content (AvgIpc) is 2.37. The van der Waals surface area contributed by atoms with Gasteiger partial charge in [-0.15, -0.1) is 0 Å². The number of nitrogens with one attached hydrogen (secondary N) is 1. The highest BCUT2D eigenvalue weighted by molar-refractivity contribution is 5.06. The van der Waals surface area contributed by atoms with Crippen molar-refractivity contribution in [2.45, 2.75) is 26.7 Å². The second-order valence-corrected chi connectivity index (χ2v) is 2.67. The lowest BCUT2D eigenvalue weighted by Crippen LogP contribution is -2.29. The van der Waals surface area contributed by atoms with E-state index in [1.165, 1.54) is 18.4 Å². The van der Waals surface area contributed by atoms with E-state index in [2.05, 4.69) is 30.5 Å². The fourth-order valence-corrected chi connectivity index (χ4v) is 1.12. The molecule has 10 heavy (non-hydrogen) atoms. The molecule has 0 saturated heterocycles. The van der Waals surface area contributed by atoms with Crippen LogP contribution in [0.15, 0.2) is 11.8 Å². The number of hydrogen-bond acceptors (Lipinski definition) is 2. The zero-order chi connectivity index (χ0) is 7.40. The molecule has 0 aromatic heterocycles. The van der Waals surface area contributed by atoms with Crippen LogP contribution in [0.1, 0.15) is 26.7 Å². The van der Waals surface area contributed by atoms with E-state index in [0.717, 1.165) is 13.1 Å². The summed E-state index contributed by atoms with van der Waals surface area (Å²) < 4.78 is 0. The fraction of sp³-hybridized carbons (Fsp3) is 0.750. The van der Waals surface area contributed by atoms with Crippen LogP contribution in [0.4, 0.5) is 0 Å². The van der Waals surface area contributed by atoms with Gasteiger partial charge in [0.25, 0.3) is 0 Å². The van der Waals surface area contributed by atoms with Crippen molar-refractivity contribution < 1.29 is 0 Å². The lowest BCUT2D eigenvalue weighted by molar-refractivity contribution is 0.307. The van der Waals surface area contributed by atoms with E-state index in [1.807, 2.05) is 0 Å². The summed E-state index contributed by atoms with van der Waals surface area (Å²) in [5, 5.41) is 2.18. The topological polar surface area (TPSA) is 15.3 Å². The van der Waals surface area contributed by atoms with Crippen LogP contribution in [0.2, 0.25) is 0 Å². The number of hydrazine groups is 1. The van der Waals surface area contributed by atoms with Crippen LogP contribution >= 0.6 is 0 Å². The molecule has 1 aliphatic heterocycles. The summed E-state index contributed by atoms with van der Waals surface area (Å²) in [6.45, 7) is 6.57. The zero-order valence-corrected chi connectivity index (χ0v) is 6.85. The van der Waals surface area contributed by atoms with Gasteiger partial charge in [-0.2, -0.15) is 0 Å². The minimum Gasteiger partial charge on any atom is -0.315 e. The number of rotatable bonds is 3. The Hall–Kier alpha value is -0.500. The Morgan fingerprint density at radius 1 is 1.60 bits per heavy atom.